The predicted molar refractivity (Wildman–Crippen MR) is 96.0 cm³/mol. The van der Waals surface area contributed by atoms with E-state index in [1.54, 1.807) is 11.0 Å². The van der Waals surface area contributed by atoms with Crippen molar-refractivity contribution in [1.82, 2.24) is 9.80 Å². The molecule has 7 nitrogen and oxygen atoms in total. The Bertz CT molecular complexity index is 767. The minimum Gasteiger partial charge on any atom is -0.480 e. The Balaban J connectivity index is 1.71. The Hall–Kier alpha value is -2.54. The smallest absolute Gasteiger partial charge is 0.410 e. The minimum atomic E-state index is -0.963. The van der Waals surface area contributed by atoms with Crippen molar-refractivity contribution in [1.29, 1.82) is 0 Å². The number of piperazine rings is 1. The summed E-state index contributed by atoms with van der Waals surface area (Å²) in [6.45, 7) is 7.17. The van der Waals surface area contributed by atoms with Crippen LogP contribution in [0.5, 0.6) is 0 Å². The molecular weight excluding hydrogens is 336 g/mol. The second-order valence-corrected chi connectivity index (χ2v) is 7.43. The molecule has 26 heavy (non-hydrogen) atoms. The molecule has 1 saturated heterocycles. The summed E-state index contributed by atoms with van der Waals surface area (Å²) in [7, 11) is 0. The van der Waals surface area contributed by atoms with E-state index in [0.717, 1.165) is 5.39 Å². The van der Waals surface area contributed by atoms with Crippen LogP contribution in [0.4, 0.5) is 4.79 Å². The van der Waals surface area contributed by atoms with Gasteiger partial charge in [0.1, 0.15) is 16.9 Å². The highest BCUT2D eigenvalue weighted by Gasteiger charge is 2.34. The normalized spacial score (nSPS) is 17.3. The zero-order chi connectivity index (χ0) is 18.9. The highest BCUT2D eigenvalue weighted by molar-refractivity contribution is 5.81. The van der Waals surface area contributed by atoms with Gasteiger partial charge in [-0.15, -0.1) is 0 Å². The highest BCUT2D eigenvalue weighted by atomic mass is 16.6. The molecule has 1 atom stereocenters. The quantitative estimate of drug-likeness (QED) is 0.905. The van der Waals surface area contributed by atoms with Crippen molar-refractivity contribution in [3.05, 3.63) is 36.1 Å². The lowest BCUT2D eigenvalue weighted by atomic mass is 10.1. The topological polar surface area (TPSA) is 83.2 Å². The summed E-state index contributed by atoms with van der Waals surface area (Å²) in [5, 5.41) is 10.6. The number of carboxylic acids is 1. The molecule has 0 saturated carbocycles. The first-order valence-corrected chi connectivity index (χ1v) is 8.68. The molecule has 1 N–H and O–H groups in total. The molecule has 1 amide bonds. The van der Waals surface area contributed by atoms with E-state index in [0.29, 0.717) is 37.5 Å². The number of carbonyl (C=O) groups is 2. The number of rotatable bonds is 3. The Labute approximate surface area is 152 Å². The average Bonchev–Trinajstić information content (AvgIpc) is 2.97. The van der Waals surface area contributed by atoms with Crippen molar-refractivity contribution >= 4 is 23.0 Å². The van der Waals surface area contributed by atoms with Gasteiger partial charge in [-0.25, -0.2) is 4.79 Å². The number of carboxylic acid groups (broad SMARTS) is 1. The molecule has 7 heteroatoms. The molecule has 1 aliphatic rings. The van der Waals surface area contributed by atoms with Crippen LogP contribution in [0.15, 0.2) is 34.7 Å². The average molecular weight is 360 g/mol. The summed E-state index contributed by atoms with van der Waals surface area (Å²) in [6.07, 6.45) is -0.368. The van der Waals surface area contributed by atoms with Gasteiger partial charge in [0.25, 0.3) is 0 Å². The molecule has 0 aliphatic carbocycles. The largest absolute Gasteiger partial charge is 0.480 e. The monoisotopic (exact) mass is 360 g/mol. The summed E-state index contributed by atoms with van der Waals surface area (Å²) >= 11 is 0. The number of benzene rings is 1. The summed E-state index contributed by atoms with van der Waals surface area (Å²) in [4.78, 5) is 27.5. The van der Waals surface area contributed by atoms with E-state index in [1.165, 1.54) is 0 Å². The fourth-order valence-electron chi connectivity index (χ4n) is 3.08. The van der Waals surface area contributed by atoms with Crippen LogP contribution in [0.1, 0.15) is 32.6 Å². The summed E-state index contributed by atoms with van der Waals surface area (Å²) in [6, 6.07) is 8.35. The summed E-state index contributed by atoms with van der Waals surface area (Å²) in [5.41, 5.74) is 0.118. The third-order valence-corrected chi connectivity index (χ3v) is 4.28. The van der Waals surface area contributed by atoms with Crippen LogP contribution in [0, 0.1) is 0 Å². The van der Waals surface area contributed by atoms with Gasteiger partial charge in [-0.3, -0.25) is 9.69 Å². The Morgan fingerprint density at radius 3 is 2.38 bits per heavy atom. The fourth-order valence-corrected chi connectivity index (χ4v) is 3.08. The van der Waals surface area contributed by atoms with E-state index in [9.17, 15) is 14.7 Å². The number of amides is 1. The van der Waals surface area contributed by atoms with Crippen LogP contribution in [0.3, 0.4) is 0 Å². The van der Waals surface area contributed by atoms with Crippen molar-refractivity contribution in [2.24, 2.45) is 0 Å². The molecule has 0 spiro atoms. The van der Waals surface area contributed by atoms with Gasteiger partial charge in [-0.05, 0) is 32.9 Å². The molecule has 0 radical (unpaired) electrons. The number of hydrogen-bond acceptors (Lipinski definition) is 5. The van der Waals surface area contributed by atoms with Gasteiger partial charge in [0.15, 0.2) is 6.04 Å². The Kier molecular flexibility index (Phi) is 4.91. The standard InChI is InChI=1S/C19H24N2O5/c1-19(2,3)26-18(24)21-10-8-20(9-11-21)16(17(22)23)15-12-13-6-4-5-7-14(13)25-15/h4-7,12,16H,8-11H2,1-3H3,(H,22,23)/t16-/m1/s1. The van der Waals surface area contributed by atoms with Crippen LogP contribution >= 0.6 is 0 Å². The number of ether oxygens (including phenoxy) is 1. The van der Waals surface area contributed by atoms with E-state index < -0.39 is 17.6 Å². The maximum Gasteiger partial charge on any atom is 0.410 e. The molecule has 1 fully saturated rings. The van der Waals surface area contributed by atoms with Gasteiger partial charge in [0.05, 0.1) is 0 Å². The first kappa shape index (κ1) is 18.3. The fraction of sp³-hybridized carbons (Fsp3) is 0.474. The number of fused-ring (bicyclic) bond motifs is 1. The van der Waals surface area contributed by atoms with Gasteiger partial charge in [0.2, 0.25) is 0 Å². The zero-order valence-electron chi connectivity index (χ0n) is 15.3. The van der Waals surface area contributed by atoms with Crippen LogP contribution < -0.4 is 0 Å². The van der Waals surface area contributed by atoms with Gasteiger partial charge < -0.3 is 19.2 Å². The maximum absolute atomic E-state index is 12.2. The van der Waals surface area contributed by atoms with E-state index in [1.807, 2.05) is 49.9 Å². The van der Waals surface area contributed by atoms with E-state index >= 15 is 0 Å². The molecule has 0 unspecified atom stereocenters. The number of hydrogen-bond donors (Lipinski definition) is 1. The van der Waals surface area contributed by atoms with Crippen molar-refractivity contribution in [3.63, 3.8) is 0 Å². The van der Waals surface area contributed by atoms with Gasteiger partial charge in [-0.1, -0.05) is 18.2 Å². The molecular formula is C19H24N2O5. The molecule has 0 bridgehead atoms. The number of carbonyl (C=O) groups excluding carboxylic acids is 1. The molecule has 140 valence electrons. The van der Waals surface area contributed by atoms with Crippen LogP contribution in [-0.4, -0.2) is 58.7 Å². The summed E-state index contributed by atoms with van der Waals surface area (Å²) in [5.74, 6) is -0.556. The number of aliphatic carboxylic acids is 1. The highest BCUT2D eigenvalue weighted by Crippen LogP contribution is 2.29. The van der Waals surface area contributed by atoms with Crippen LogP contribution in [-0.2, 0) is 9.53 Å². The lowest BCUT2D eigenvalue weighted by molar-refractivity contribution is -0.145. The van der Waals surface area contributed by atoms with Gasteiger partial charge in [-0.2, -0.15) is 0 Å². The van der Waals surface area contributed by atoms with Crippen LogP contribution in [0.2, 0.25) is 0 Å². The van der Waals surface area contributed by atoms with Crippen molar-refractivity contribution < 1.29 is 23.8 Å². The second kappa shape index (κ2) is 6.99. The molecule has 1 aromatic carbocycles. The molecule has 3 rings (SSSR count). The van der Waals surface area contributed by atoms with Gasteiger partial charge in [0, 0.05) is 31.6 Å². The first-order valence-electron chi connectivity index (χ1n) is 8.68. The second-order valence-electron chi connectivity index (χ2n) is 7.43. The SMILES string of the molecule is CC(C)(C)OC(=O)N1CCN([C@@H](C(=O)O)c2cc3ccccc3o2)CC1. The van der Waals surface area contributed by atoms with Crippen molar-refractivity contribution in [2.75, 3.05) is 26.2 Å². The van der Waals surface area contributed by atoms with Crippen molar-refractivity contribution in [2.45, 2.75) is 32.4 Å². The Morgan fingerprint density at radius 2 is 1.81 bits per heavy atom. The molecule has 1 aromatic heterocycles. The van der Waals surface area contributed by atoms with E-state index in [-0.39, 0.29) is 6.09 Å². The predicted octanol–water partition coefficient (Wildman–Crippen LogP) is 3.11. The molecule has 2 heterocycles. The Morgan fingerprint density at radius 1 is 1.15 bits per heavy atom. The molecule has 1 aliphatic heterocycles. The third kappa shape index (κ3) is 3.99. The third-order valence-electron chi connectivity index (χ3n) is 4.28. The number of furan rings is 1. The van der Waals surface area contributed by atoms with Gasteiger partial charge >= 0.3 is 12.1 Å². The summed E-state index contributed by atoms with van der Waals surface area (Å²) < 4.78 is 11.1. The first-order chi connectivity index (χ1) is 12.2. The van der Waals surface area contributed by atoms with E-state index in [4.69, 9.17) is 9.15 Å². The maximum atomic E-state index is 12.2. The van der Waals surface area contributed by atoms with E-state index in [2.05, 4.69) is 0 Å². The van der Waals surface area contributed by atoms with Crippen molar-refractivity contribution in [3.8, 4) is 0 Å². The van der Waals surface area contributed by atoms with Crippen LogP contribution in [0.25, 0.3) is 11.0 Å². The zero-order valence-corrected chi connectivity index (χ0v) is 15.3. The number of para-hydroxylation sites is 1. The lowest BCUT2D eigenvalue weighted by Gasteiger charge is -2.37. The number of nitrogens with zero attached hydrogens (tertiary/aromatic N) is 2. The molecule has 2 aromatic rings. The lowest BCUT2D eigenvalue weighted by Crippen LogP contribution is -2.51. The minimum absolute atomic E-state index is 0.368.